The summed E-state index contributed by atoms with van der Waals surface area (Å²) in [5.41, 5.74) is 1.13. The first-order valence-corrected chi connectivity index (χ1v) is 7.39. The Balaban J connectivity index is 1.82. The maximum atomic E-state index is 11.7. The molecule has 0 spiro atoms. The standard InChI is InChI=1S/C17H19NO4/c1-3-21-17(19)18-8-6-12(7-9-18)16-15-5-4-14(20-2)10-13(15)11-22-16/h4-6,10-11H,3,7-9H2,1-2H3. The number of amides is 1. The maximum absolute atomic E-state index is 11.7. The number of carbonyl (C=O) groups is 1. The van der Waals surface area contributed by atoms with Crippen LogP contribution in [-0.2, 0) is 4.74 Å². The number of nitrogens with zero attached hydrogens (tertiary/aromatic N) is 1. The van der Waals surface area contributed by atoms with Crippen LogP contribution in [0.15, 0.2) is 35.0 Å². The molecule has 1 aliphatic rings. The van der Waals surface area contributed by atoms with Crippen LogP contribution in [0.4, 0.5) is 4.79 Å². The lowest BCUT2D eigenvalue weighted by atomic mass is 10.0. The van der Waals surface area contributed by atoms with Crippen molar-refractivity contribution in [1.82, 2.24) is 4.90 Å². The molecule has 22 heavy (non-hydrogen) atoms. The van der Waals surface area contributed by atoms with Gasteiger partial charge in [0.25, 0.3) is 0 Å². The predicted molar refractivity (Wildman–Crippen MR) is 84.0 cm³/mol. The highest BCUT2D eigenvalue weighted by Crippen LogP contribution is 2.32. The van der Waals surface area contributed by atoms with E-state index in [-0.39, 0.29) is 6.09 Å². The Bertz CT molecular complexity index is 717. The van der Waals surface area contributed by atoms with Crippen LogP contribution in [0.2, 0.25) is 0 Å². The molecule has 1 aromatic heterocycles. The Morgan fingerprint density at radius 1 is 1.41 bits per heavy atom. The van der Waals surface area contributed by atoms with E-state index in [4.69, 9.17) is 13.9 Å². The summed E-state index contributed by atoms with van der Waals surface area (Å²) in [6.45, 7) is 3.40. The smallest absolute Gasteiger partial charge is 0.410 e. The number of hydrogen-bond acceptors (Lipinski definition) is 4. The minimum absolute atomic E-state index is 0.258. The maximum Gasteiger partial charge on any atom is 0.410 e. The number of benzene rings is 1. The number of ether oxygens (including phenoxy) is 2. The van der Waals surface area contributed by atoms with E-state index >= 15 is 0 Å². The second-order valence-corrected chi connectivity index (χ2v) is 5.14. The fraction of sp³-hybridized carbons (Fsp3) is 0.353. The van der Waals surface area contributed by atoms with Crippen molar-refractivity contribution >= 4 is 22.4 Å². The monoisotopic (exact) mass is 301 g/mol. The molecule has 1 amide bonds. The molecule has 0 radical (unpaired) electrons. The third-order valence-electron chi connectivity index (χ3n) is 3.83. The number of methoxy groups -OCH3 is 1. The van der Waals surface area contributed by atoms with Crippen molar-refractivity contribution in [1.29, 1.82) is 0 Å². The van der Waals surface area contributed by atoms with Gasteiger partial charge in [-0.1, -0.05) is 6.08 Å². The van der Waals surface area contributed by atoms with Gasteiger partial charge in [0.2, 0.25) is 0 Å². The summed E-state index contributed by atoms with van der Waals surface area (Å²) < 4.78 is 16.0. The van der Waals surface area contributed by atoms with Gasteiger partial charge in [0, 0.05) is 23.9 Å². The van der Waals surface area contributed by atoms with Crippen LogP contribution in [-0.4, -0.2) is 37.8 Å². The van der Waals surface area contributed by atoms with Gasteiger partial charge in [0.15, 0.2) is 0 Å². The van der Waals surface area contributed by atoms with Crippen molar-refractivity contribution < 1.29 is 18.7 Å². The fourth-order valence-corrected chi connectivity index (χ4v) is 2.66. The molecule has 0 fully saturated rings. The second-order valence-electron chi connectivity index (χ2n) is 5.14. The van der Waals surface area contributed by atoms with E-state index in [9.17, 15) is 4.79 Å². The Hall–Kier alpha value is -2.43. The van der Waals surface area contributed by atoms with Crippen molar-refractivity contribution in [2.24, 2.45) is 0 Å². The molecule has 0 atom stereocenters. The average molecular weight is 301 g/mol. The van der Waals surface area contributed by atoms with E-state index in [1.54, 1.807) is 18.3 Å². The third-order valence-corrected chi connectivity index (χ3v) is 3.83. The highest BCUT2D eigenvalue weighted by molar-refractivity contribution is 5.93. The zero-order valence-electron chi connectivity index (χ0n) is 12.8. The Morgan fingerprint density at radius 3 is 2.95 bits per heavy atom. The first kappa shape index (κ1) is 14.5. The molecule has 0 saturated heterocycles. The van der Waals surface area contributed by atoms with E-state index in [1.807, 2.05) is 31.2 Å². The van der Waals surface area contributed by atoms with Gasteiger partial charge in [-0.3, -0.25) is 0 Å². The molecule has 0 aliphatic carbocycles. The number of furan rings is 1. The van der Waals surface area contributed by atoms with Gasteiger partial charge in [-0.05, 0) is 37.1 Å². The molecule has 5 heteroatoms. The summed E-state index contributed by atoms with van der Waals surface area (Å²) in [6.07, 6.45) is 4.27. The van der Waals surface area contributed by atoms with Crippen LogP contribution < -0.4 is 4.74 Å². The third kappa shape index (κ3) is 2.66. The SMILES string of the molecule is CCOC(=O)N1CC=C(c2occ3cc(OC)ccc23)CC1. The first-order valence-electron chi connectivity index (χ1n) is 7.39. The van der Waals surface area contributed by atoms with Gasteiger partial charge in [0.05, 0.1) is 20.0 Å². The summed E-state index contributed by atoms with van der Waals surface area (Å²) in [4.78, 5) is 13.4. The number of fused-ring (bicyclic) bond motifs is 1. The number of rotatable bonds is 3. The molecule has 1 aliphatic heterocycles. The molecule has 116 valence electrons. The van der Waals surface area contributed by atoms with E-state index in [0.717, 1.165) is 34.3 Å². The summed E-state index contributed by atoms with van der Waals surface area (Å²) in [5.74, 6) is 1.69. The second kappa shape index (κ2) is 6.13. The van der Waals surface area contributed by atoms with Crippen molar-refractivity contribution in [2.75, 3.05) is 26.8 Å². The van der Waals surface area contributed by atoms with E-state index in [0.29, 0.717) is 19.7 Å². The largest absolute Gasteiger partial charge is 0.497 e. The lowest BCUT2D eigenvalue weighted by Crippen LogP contribution is -2.35. The van der Waals surface area contributed by atoms with Gasteiger partial charge >= 0.3 is 6.09 Å². The van der Waals surface area contributed by atoms with Crippen LogP contribution in [0.3, 0.4) is 0 Å². The van der Waals surface area contributed by atoms with Crippen molar-refractivity contribution in [3.8, 4) is 5.75 Å². The topological polar surface area (TPSA) is 51.9 Å². The molecule has 0 unspecified atom stereocenters. The molecular weight excluding hydrogens is 282 g/mol. The quantitative estimate of drug-likeness (QED) is 0.867. The zero-order chi connectivity index (χ0) is 15.5. The van der Waals surface area contributed by atoms with Gasteiger partial charge in [0.1, 0.15) is 11.5 Å². The fourth-order valence-electron chi connectivity index (χ4n) is 2.66. The summed E-state index contributed by atoms with van der Waals surface area (Å²) in [7, 11) is 1.65. The van der Waals surface area contributed by atoms with Crippen LogP contribution >= 0.6 is 0 Å². The van der Waals surface area contributed by atoms with Crippen LogP contribution in [0.25, 0.3) is 16.3 Å². The molecule has 5 nitrogen and oxygen atoms in total. The van der Waals surface area contributed by atoms with E-state index < -0.39 is 0 Å². The lowest BCUT2D eigenvalue weighted by Gasteiger charge is -2.25. The van der Waals surface area contributed by atoms with Crippen LogP contribution in [0.1, 0.15) is 19.1 Å². The van der Waals surface area contributed by atoms with Crippen LogP contribution in [0.5, 0.6) is 5.75 Å². The van der Waals surface area contributed by atoms with Gasteiger partial charge in [-0.15, -0.1) is 0 Å². The van der Waals surface area contributed by atoms with E-state index in [2.05, 4.69) is 0 Å². The van der Waals surface area contributed by atoms with Gasteiger partial charge < -0.3 is 18.8 Å². The van der Waals surface area contributed by atoms with Crippen molar-refractivity contribution in [2.45, 2.75) is 13.3 Å². The zero-order valence-corrected chi connectivity index (χ0v) is 12.8. The van der Waals surface area contributed by atoms with Crippen molar-refractivity contribution in [3.05, 3.63) is 36.3 Å². The highest BCUT2D eigenvalue weighted by atomic mass is 16.6. The normalized spacial score (nSPS) is 14.8. The van der Waals surface area contributed by atoms with Gasteiger partial charge in [-0.25, -0.2) is 4.79 Å². The molecule has 0 bridgehead atoms. The summed E-state index contributed by atoms with van der Waals surface area (Å²) >= 11 is 0. The average Bonchev–Trinajstić information content (AvgIpc) is 2.98. The van der Waals surface area contributed by atoms with E-state index in [1.165, 1.54) is 0 Å². The molecule has 0 saturated carbocycles. The van der Waals surface area contributed by atoms with Crippen molar-refractivity contribution in [3.63, 3.8) is 0 Å². The summed E-state index contributed by atoms with van der Waals surface area (Å²) in [6, 6.07) is 5.89. The molecular formula is C17H19NO4. The number of hydrogen-bond donors (Lipinski definition) is 0. The lowest BCUT2D eigenvalue weighted by molar-refractivity contribution is 0.111. The Labute approximate surface area is 129 Å². The molecule has 2 heterocycles. The van der Waals surface area contributed by atoms with Crippen LogP contribution in [0, 0.1) is 0 Å². The highest BCUT2D eigenvalue weighted by Gasteiger charge is 2.21. The Morgan fingerprint density at radius 2 is 2.27 bits per heavy atom. The van der Waals surface area contributed by atoms with Gasteiger partial charge in [-0.2, -0.15) is 0 Å². The molecule has 3 rings (SSSR count). The predicted octanol–water partition coefficient (Wildman–Crippen LogP) is 3.69. The Kier molecular flexibility index (Phi) is 4.04. The minimum atomic E-state index is -0.258. The summed E-state index contributed by atoms with van der Waals surface area (Å²) in [5, 5.41) is 2.08. The molecule has 0 N–H and O–H groups in total. The molecule has 1 aromatic carbocycles. The number of carbonyl (C=O) groups excluding carboxylic acids is 1. The minimum Gasteiger partial charge on any atom is -0.497 e. The molecule has 2 aromatic rings. The first-order chi connectivity index (χ1) is 10.7.